The summed E-state index contributed by atoms with van der Waals surface area (Å²) in [5.74, 6) is 0.772. The number of imidazole rings is 1. The Morgan fingerprint density at radius 1 is 0.979 bits per heavy atom. The Balaban J connectivity index is 1.02. The first kappa shape index (κ1) is 33.3. The van der Waals surface area contributed by atoms with Crippen LogP contribution in [0.15, 0.2) is 91.3 Å². The van der Waals surface area contributed by atoms with Gasteiger partial charge < -0.3 is 28.6 Å². The van der Waals surface area contributed by atoms with Crippen molar-refractivity contribution in [3.8, 4) is 16.9 Å². The van der Waals surface area contributed by atoms with Crippen molar-refractivity contribution in [1.29, 1.82) is 0 Å². The fraction of sp³-hybridized carbons (Fsp3) is 0.342. The molecule has 48 heavy (non-hydrogen) atoms. The van der Waals surface area contributed by atoms with Crippen molar-refractivity contribution in [1.82, 2.24) is 14.5 Å². The molecule has 3 aromatic carbocycles. The SMILES string of the molecule is COC(COc1ccc(-c2ccc(/C=C/[C@@H](CO)n3ccnc3[C@H](C)OC3CCCCO3)cc2)cc1)CN1C(=O)c2ccccc2C1=O. The summed E-state index contributed by atoms with van der Waals surface area (Å²) in [4.78, 5) is 31.2. The summed E-state index contributed by atoms with van der Waals surface area (Å²) in [6.45, 7) is 2.89. The second-order valence-electron chi connectivity index (χ2n) is 12.0. The minimum absolute atomic E-state index is 0.0765. The van der Waals surface area contributed by atoms with Gasteiger partial charge in [-0.05, 0) is 67.1 Å². The number of nitrogens with zero attached hydrogens (tertiary/aromatic N) is 3. The number of imide groups is 1. The average Bonchev–Trinajstić information content (AvgIpc) is 3.71. The summed E-state index contributed by atoms with van der Waals surface area (Å²) in [7, 11) is 1.54. The molecule has 3 heterocycles. The molecule has 1 aromatic heterocycles. The maximum atomic E-state index is 12.7. The second kappa shape index (κ2) is 15.5. The van der Waals surface area contributed by atoms with Gasteiger partial charge in [0.05, 0.1) is 30.3 Å². The molecule has 2 unspecified atom stereocenters. The lowest BCUT2D eigenvalue weighted by molar-refractivity contribution is -0.188. The molecule has 4 aromatic rings. The second-order valence-corrected chi connectivity index (χ2v) is 12.0. The van der Waals surface area contributed by atoms with Crippen LogP contribution in [-0.2, 0) is 14.2 Å². The van der Waals surface area contributed by atoms with Crippen molar-refractivity contribution >= 4 is 17.9 Å². The highest BCUT2D eigenvalue weighted by Crippen LogP contribution is 2.27. The Morgan fingerprint density at radius 2 is 1.67 bits per heavy atom. The maximum absolute atomic E-state index is 12.7. The molecule has 0 spiro atoms. The van der Waals surface area contributed by atoms with E-state index in [0.29, 0.717) is 23.5 Å². The Hall–Kier alpha value is -4.61. The zero-order valence-electron chi connectivity index (χ0n) is 27.2. The van der Waals surface area contributed by atoms with Crippen LogP contribution < -0.4 is 4.74 Å². The number of ether oxygens (including phenoxy) is 4. The number of carbonyl (C=O) groups excluding carboxylic acids is 2. The van der Waals surface area contributed by atoms with Gasteiger partial charge in [-0.3, -0.25) is 14.5 Å². The molecule has 2 aliphatic heterocycles. The van der Waals surface area contributed by atoms with Gasteiger partial charge in [0.15, 0.2) is 6.29 Å². The van der Waals surface area contributed by atoms with Gasteiger partial charge in [0.2, 0.25) is 0 Å². The normalized spacial score (nSPS) is 18.2. The fourth-order valence-electron chi connectivity index (χ4n) is 6.01. The topological polar surface area (TPSA) is 112 Å². The quantitative estimate of drug-likeness (QED) is 0.163. The van der Waals surface area contributed by atoms with Crippen molar-refractivity contribution in [3.05, 3.63) is 114 Å². The van der Waals surface area contributed by atoms with E-state index in [1.54, 1.807) is 30.5 Å². The minimum Gasteiger partial charge on any atom is -0.491 e. The minimum atomic E-state index is -0.480. The van der Waals surface area contributed by atoms with Crippen molar-refractivity contribution in [2.75, 3.05) is 33.5 Å². The molecular formula is C38H41N3O7. The molecule has 10 nitrogen and oxygen atoms in total. The van der Waals surface area contributed by atoms with Crippen molar-refractivity contribution in [2.24, 2.45) is 0 Å². The van der Waals surface area contributed by atoms with E-state index < -0.39 is 6.10 Å². The van der Waals surface area contributed by atoms with E-state index in [0.717, 1.165) is 41.8 Å². The van der Waals surface area contributed by atoms with Crippen LogP contribution in [0.25, 0.3) is 17.2 Å². The predicted octanol–water partition coefficient (Wildman–Crippen LogP) is 6.09. The molecule has 0 bridgehead atoms. The molecule has 1 N–H and O–H groups in total. The standard InChI is InChI=1S/C38H41N3O7/c1-26(48-35-9-5-6-22-46-35)36-39-20-21-40(36)30(24-42)17-12-27-10-13-28(14-11-27)29-15-18-31(19-16-29)47-25-32(45-2)23-41-37(43)33-7-3-4-8-34(33)38(41)44/h3-4,7-8,10-21,26,30,32,35,42H,5-6,9,22-25H2,1-2H3/b17-12+/t26-,30-,32?,35?/m0/s1. The van der Waals surface area contributed by atoms with Crippen LogP contribution in [0.4, 0.5) is 0 Å². The maximum Gasteiger partial charge on any atom is 0.261 e. The molecule has 1 fully saturated rings. The Kier molecular flexibility index (Phi) is 10.8. The zero-order chi connectivity index (χ0) is 33.5. The van der Waals surface area contributed by atoms with Crippen LogP contribution in [0.5, 0.6) is 5.75 Å². The number of methoxy groups -OCH3 is 1. The van der Waals surface area contributed by atoms with Gasteiger partial charge in [0, 0.05) is 26.1 Å². The van der Waals surface area contributed by atoms with E-state index in [1.807, 2.05) is 66.2 Å². The van der Waals surface area contributed by atoms with Crippen LogP contribution in [0, 0.1) is 0 Å². The lowest BCUT2D eigenvalue weighted by Crippen LogP contribution is -2.40. The first-order valence-electron chi connectivity index (χ1n) is 16.4. The number of hydrogen-bond acceptors (Lipinski definition) is 8. The molecule has 0 aliphatic carbocycles. The third-order valence-corrected chi connectivity index (χ3v) is 8.74. The van der Waals surface area contributed by atoms with E-state index in [9.17, 15) is 14.7 Å². The fourth-order valence-corrected chi connectivity index (χ4v) is 6.01. The summed E-state index contributed by atoms with van der Waals surface area (Å²) in [6.07, 6.45) is 9.61. The van der Waals surface area contributed by atoms with Crippen LogP contribution in [-0.4, -0.2) is 77.2 Å². The van der Waals surface area contributed by atoms with E-state index >= 15 is 0 Å². The average molecular weight is 652 g/mol. The Morgan fingerprint density at radius 3 is 2.29 bits per heavy atom. The molecule has 2 aliphatic rings. The number of hydrogen-bond donors (Lipinski definition) is 1. The monoisotopic (exact) mass is 651 g/mol. The van der Waals surface area contributed by atoms with Gasteiger partial charge in [-0.15, -0.1) is 0 Å². The molecule has 0 radical (unpaired) electrons. The predicted molar refractivity (Wildman–Crippen MR) is 180 cm³/mol. The van der Waals surface area contributed by atoms with E-state index in [-0.39, 0.29) is 50.0 Å². The number of rotatable bonds is 14. The lowest BCUT2D eigenvalue weighted by atomic mass is 10.0. The smallest absolute Gasteiger partial charge is 0.261 e. The van der Waals surface area contributed by atoms with Crippen molar-refractivity contribution < 1.29 is 33.6 Å². The van der Waals surface area contributed by atoms with Crippen LogP contribution >= 0.6 is 0 Å². The first-order valence-corrected chi connectivity index (χ1v) is 16.4. The number of carbonyl (C=O) groups is 2. The molecule has 250 valence electrons. The van der Waals surface area contributed by atoms with E-state index in [4.69, 9.17) is 18.9 Å². The van der Waals surface area contributed by atoms with E-state index in [1.165, 1.54) is 12.0 Å². The third-order valence-electron chi connectivity index (χ3n) is 8.74. The van der Waals surface area contributed by atoms with Gasteiger partial charge in [0.25, 0.3) is 11.8 Å². The Labute approximate surface area is 280 Å². The molecule has 2 amide bonds. The third kappa shape index (κ3) is 7.58. The number of amides is 2. The molecule has 6 rings (SSSR count). The zero-order valence-corrected chi connectivity index (χ0v) is 27.2. The number of aromatic nitrogens is 2. The lowest BCUT2D eigenvalue weighted by Gasteiger charge is -2.27. The summed E-state index contributed by atoms with van der Waals surface area (Å²) >= 11 is 0. The van der Waals surface area contributed by atoms with Gasteiger partial charge in [-0.2, -0.15) is 0 Å². The van der Waals surface area contributed by atoms with Crippen LogP contribution in [0.2, 0.25) is 0 Å². The van der Waals surface area contributed by atoms with Gasteiger partial charge in [0.1, 0.15) is 30.4 Å². The number of benzene rings is 3. The number of aliphatic hydroxyl groups excluding tert-OH is 1. The van der Waals surface area contributed by atoms with Crippen molar-refractivity contribution in [3.63, 3.8) is 0 Å². The number of fused-ring (bicyclic) bond motifs is 1. The first-order chi connectivity index (χ1) is 23.4. The highest BCUT2D eigenvalue weighted by atomic mass is 16.7. The molecular weight excluding hydrogens is 610 g/mol. The summed E-state index contributed by atoms with van der Waals surface area (Å²) < 4.78 is 25.3. The van der Waals surface area contributed by atoms with Gasteiger partial charge in [-0.1, -0.05) is 60.7 Å². The number of aliphatic hydroxyl groups is 1. The Bertz CT molecular complexity index is 1680. The van der Waals surface area contributed by atoms with Crippen molar-refractivity contribution in [2.45, 2.75) is 50.7 Å². The molecule has 0 saturated carbocycles. The summed E-state index contributed by atoms with van der Waals surface area (Å²) in [5.41, 5.74) is 3.90. The molecule has 4 atom stereocenters. The van der Waals surface area contributed by atoms with Gasteiger partial charge >= 0.3 is 0 Å². The molecule has 1 saturated heterocycles. The largest absolute Gasteiger partial charge is 0.491 e. The summed E-state index contributed by atoms with van der Waals surface area (Å²) in [6, 6.07) is 22.4. The molecule has 10 heteroatoms. The van der Waals surface area contributed by atoms with Crippen LogP contribution in [0.1, 0.15) is 70.4 Å². The highest BCUT2D eigenvalue weighted by molar-refractivity contribution is 6.21. The van der Waals surface area contributed by atoms with Crippen LogP contribution in [0.3, 0.4) is 0 Å². The highest BCUT2D eigenvalue weighted by Gasteiger charge is 2.36. The summed E-state index contributed by atoms with van der Waals surface area (Å²) in [5, 5.41) is 10.2. The van der Waals surface area contributed by atoms with Gasteiger partial charge in [-0.25, -0.2) is 4.98 Å². The van der Waals surface area contributed by atoms with E-state index in [2.05, 4.69) is 17.1 Å².